The molecule has 0 atom stereocenters. The molecule has 0 heteroatoms. The molecule has 0 aliphatic heterocycles. The minimum absolute atomic E-state index is 1.17. The molecule has 0 fully saturated rings. The third-order valence-electron chi connectivity index (χ3n) is 1.45. The summed E-state index contributed by atoms with van der Waals surface area (Å²) in [5.74, 6) is 0. The molecule has 0 saturated heterocycles. The van der Waals surface area contributed by atoms with Crippen molar-refractivity contribution in [3.63, 3.8) is 0 Å². The Labute approximate surface area is 70.3 Å². The molecule has 0 amide bonds. The first kappa shape index (κ1) is 10.3. The highest BCUT2D eigenvalue weighted by molar-refractivity contribution is 5.00. The second kappa shape index (κ2) is 9.26. The molecule has 62 valence electrons. The number of unbranched alkanes of at least 4 members (excludes halogenated alkanes) is 3. The zero-order valence-corrected chi connectivity index (χ0v) is 7.64. The molecule has 0 aromatic rings. The Bertz CT molecular complexity index is 145. The highest BCUT2D eigenvalue weighted by Gasteiger charge is 1.78. The lowest BCUT2D eigenvalue weighted by Gasteiger charge is -1.88. The fraction of sp³-hybridized carbons (Fsp3) is 0.545. The number of rotatable bonds is 5. The molecule has 0 saturated carbocycles. The van der Waals surface area contributed by atoms with Crippen LogP contribution in [-0.2, 0) is 0 Å². The maximum Gasteiger partial charge on any atom is -0.0206 e. The standard InChI is InChI=1S/C11H18/c1-3-5-7-9-11-10-8-6-4-2/h3,5,7,11H,4,6,8,10H2,1-2H3/b5-3+. The average molecular weight is 150 g/mol. The number of allylic oxidation sites excluding steroid dienone is 3. The quantitative estimate of drug-likeness (QED) is 0.317. The molecule has 0 spiro atoms. The predicted molar refractivity (Wildman–Crippen MR) is 51.6 cm³/mol. The zero-order chi connectivity index (χ0) is 8.36. The highest BCUT2D eigenvalue weighted by atomic mass is 13.8. The summed E-state index contributed by atoms with van der Waals surface area (Å²) >= 11 is 0. The highest BCUT2D eigenvalue weighted by Crippen LogP contribution is 1.98. The summed E-state index contributed by atoms with van der Waals surface area (Å²) in [5, 5.41) is 0. The van der Waals surface area contributed by atoms with Gasteiger partial charge in [0.1, 0.15) is 0 Å². The van der Waals surface area contributed by atoms with Crippen molar-refractivity contribution in [1.29, 1.82) is 0 Å². The van der Waals surface area contributed by atoms with Crippen LogP contribution < -0.4 is 0 Å². The fourth-order valence-electron chi connectivity index (χ4n) is 0.800. The van der Waals surface area contributed by atoms with Crippen LogP contribution in [0.2, 0.25) is 0 Å². The van der Waals surface area contributed by atoms with Crippen molar-refractivity contribution in [2.24, 2.45) is 0 Å². The Morgan fingerprint density at radius 2 is 2.09 bits per heavy atom. The Balaban J connectivity index is 3.28. The van der Waals surface area contributed by atoms with E-state index in [1.165, 1.54) is 25.7 Å². The van der Waals surface area contributed by atoms with Crippen molar-refractivity contribution in [1.82, 2.24) is 0 Å². The van der Waals surface area contributed by atoms with E-state index in [-0.39, 0.29) is 0 Å². The number of hydrogen-bond acceptors (Lipinski definition) is 0. The van der Waals surface area contributed by atoms with Crippen LogP contribution in [0.25, 0.3) is 0 Å². The van der Waals surface area contributed by atoms with Gasteiger partial charge in [0, 0.05) is 0 Å². The van der Waals surface area contributed by atoms with Crippen LogP contribution in [0.5, 0.6) is 0 Å². The van der Waals surface area contributed by atoms with E-state index in [1.807, 2.05) is 25.2 Å². The summed E-state index contributed by atoms with van der Waals surface area (Å²) in [6.07, 6.45) is 13.2. The summed E-state index contributed by atoms with van der Waals surface area (Å²) in [7, 11) is 0. The molecule has 0 heterocycles. The minimum Gasteiger partial charge on any atom is -0.125 e. The molecule has 0 N–H and O–H groups in total. The molecule has 0 unspecified atom stereocenters. The van der Waals surface area contributed by atoms with E-state index in [2.05, 4.69) is 18.7 Å². The lowest BCUT2D eigenvalue weighted by atomic mass is 10.2. The lowest BCUT2D eigenvalue weighted by molar-refractivity contribution is 0.729. The van der Waals surface area contributed by atoms with E-state index >= 15 is 0 Å². The van der Waals surface area contributed by atoms with Crippen LogP contribution in [0.3, 0.4) is 0 Å². The van der Waals surface area contributed by atoms with Gasteiger partial charge in [0.2, 0.25) is 0 Å². The molecule has 0 rings (SSSR count). The van der Waals surface area contributed by atoms with E-state index in [0.717, 1.165) is 0 Å². The predicted octanol–water partition coefficient (Wildman–Crippen LogP) is 3.85. The van der Waals surface area contributed by atoms with Crippen LogP contribution in [0, 0.1) is 0 Å². The summed E-state index contributed by atoms with van der Waals surface area (Å²) in [5.41, 5.74) is 3.11. The van der Waals surface area contributed by atoms with E-state index in [1.54, 1.807) is 0 Å². The Kier molecular flexibility index (Phi) is 8.64. The summed E-state index contributed by atoms with van der Waals surface area (Å²) in [4.78, 5) is 0. The maximum atomic E-state index is 3.11. The van der Waals surface area contributed by atoms with Crippen molar-refractivity contribution in [3.05, 3.63) is 30.0 Å². The van der Waals surface area contributed by atoms with Gasteiger partial charge in [-0.3, -0.25) is 0 Å². The zero-order valence-electron chi connectivity index (χ0n) is 7.64. The van der Waals surface area contributed by atoms with E-state index in [9.17, 15) is 0 Å². The smallest absolute Gasteiger partial charge is 0.0206 e. The SMILES string of the molecule is C/C=C/C=C=CCCCCC. The second-order valence-corrected chi connectivity index (χ2v) is 2.56. The van der Waals surface area contributed by atoms with Crippen molar-refractivity contribution in [2.45, 2.75) is 39.5 Å². The van der Waals surface area contributed by atoms with E-state index in [4.69, 9.17) is 0 Å². The third-order valence-corrected chi connectivity index (χ3v) is 1.45. The molecule has 0 aromatic carbocycles. The molecule has 11 heavy (non-hydrogen) atoms. The molecule has 0 bridgehead atoms. The average Bonchev–Trinajstić information content (AvgIpc) is 2.03. The lowest BCUT2D eigenvalue weighted by Crippen LogP contribution is -1.68. The van der Waals surface area contributed by atoms with Crippen molar-refractivity contribution < 1.29 is 0 Å². The molecule has 0 aliphatic rings. The topological polar surface area (TPSA) is 0 Å². The minimum atomic E-state index is 1.17. The Hall–Kier alpha value is -0.740. The first-order chi connectivity index (χ1) is 5.41. The normalized spacial score (nSPS) is 9.64. The third kappa shape index (κ3) is 9.26. The van der Waals surface area contributed by atoms with Crippen molar-refractivity contribution >= 4 is 0 Å². The van der Waals surface area contributed by atoms with Gasteiger partial charge in [-0.2, -0.15) is 0 Å². The van der Waals surface area contributed by atoms with Gasteiger partial charge in [0.25, 0.3) is 0 Å². The summed E-state index contributed by atoms with van der Waals surface area (Å²) < 4.78 is 0. The molecule has 0 radical (unpaired) electrons. The Morgan fingerprint density at radius 1 is 1.27 bits per heavy atom. The molecule has 0 aromatic heterocycles. The largest absolute Gasteiger partial charge is 0.125 e. The van der Waals surface area contributed by atoms with E-state index < -0.39 is 0 Å². The first-order valence-electron chi connectivity index (χ1n) is 4.44. The summed E-state index contributed by atoms with van der Waals surface area (Å²) in [6.45, 7) is 4.23. The second-order valence-electron chi connectivity index (χ2n) is 2.56. The molecule has 0 nitrogen and oxygen atoms in total. The Morgan fingerprint density at radius 3 is 2.73 bits per heavy atom. The fourth-order valence-corrected chi connectivity index (χ4v) is 0.800. The van der Waals surface area contributed by atoms with Crippen LogP contribution in [0.4, 0.5) is 0 Å². The van der Waals surface area contributed by atoms with Crippen LogP contribution in [-0.4, -0.2) is 0 Å². The number of hydrogen-bond donors (Lipinski definition) is 0. The maximum absolute atomic E-state index is 3.11. The molecular formula is C11H18. The van der Waals surface area contributed by atoms with Crippen molar-refractivity contribution in [2.75, 3.05) is 0 Å². The van der Waals surface area contributed by atoms with Crippen LogP contribution >= 0.6 is 0 Å². The van der Waals surface area contributed by atoms with Crippen molar-refractivity contribution in [3.8, 4) is 0 Å². The molecular weight excluding hydrogens is 132 g/mol. The molecule has 0 aliphatic carbocycles. The van der Waals surface area contributed by atoms with Crippen LogP contribution in [0.1, 0.15) is 39.5 Å². The summed E-state index contributed by atoms with van der Waals surface area (Å²) in [6, 6.07) is 0. The van der Waals surface area contributed by atoms with Gasteiger partial charge >= 0.3 is 0 Å². The first-order valence-corrected chi connectivity index (χ1v) is 4.44. The van der Waals surface area contributed by atoms with Gasteiger partial charge < -0.3 is 0 Å². The monoisotopic (exact) mass is 150 g/mol. The van der Waals surface area contributed by atoms with Crippen LogP contribution in [0.15, 0.2) is 30.0 Å². The van der Waals surface area contributed by atoms with Gasteiger partial charge in [-0.25, -0.2) is 0 Å². The van der Waals surface area contributed by atoms with Gasteiger partial charge in [-0.1, -0.05) is 31.9 Å². The van der Waals surface area contributed by atoms with E-state index in [0.29, 0.717) is 0 Å². The van der Waals surface area contributed by atoms with Gasteiger partial charge in [0.15, 0.2) is 0 Å². The van der Waals surface area contributed by atoms with Gasteiger partial charge in [0.05, 0.1) is 0 Å². The van der Waals surface area contributed by atoms with Gasteiger partial charge in [-0.05, 0) is 31.9 Å². The van der Waals surface area contributed by atoms with Gasteiger partial charge in [-0.15, -0.1) is 5.73 Å².